The average Bonchev–Trinajstić information content (AvgIpc) is 2.03. The average molecular weight is 311 g/mol. The molecule has 0 saturated carbocycles. The molecule has 0 bridgehead atoms. The molecular formula is C12H26IN. The number of hydrogen-bond donors (Lipinski definition) is 1. The van der Waals surface area contributed by atoms with Gasteiger partial charge >= 0.3 is 0 Å². The van der Waals surface area contributed by atoms with E-state index in [0.29, 0.717) is 3.42 Å². The molecule has 0 aromatic heterocycles. The van der Waals surface area contributed by atoms with Crippen LogP contribution in [-0.2, 0) is 0 Å². The fraction of sp³-hybridized carbons (Fsp3) is 1.00. The van der Waals surface area contributed by atoms with Crippen LogP contribution in [0, 0.1) is 5.92 Å². The minimum Gasteiger partial charge on any atom is -0.315 e. The first-order chi connectivity index (χ1) is 6.48. The number of hydrogen-bond acceptors (Lipinski definition) is 1. The zero-order valence-electron chi connectivity index (χ0n) is 10.2. The van der Waals surface area contributed by atoms with Gasteiger partial charge in [-0.05, 0) is 25.8 Å². The van der Waals surface area contributed by atoms with E-state index >= 15 is 0 Å². The van der Waals surface area contributed by atoms with Gasteiger partial charge in [0.15, 0.2) is 0 Å². The van der Waals surface area contributed by atoms with Crippen molar-refractivity contribution in [1.82, 2.24) is 5.32 Å². The van der Waals surface area contributed by atoms with E-state index in [0.717, 1.165) is 19.0 Å². The maximum Gasteiger partial charge on any atom is 0.0318 e. The van der Waals surface area contributed by atoms with Gasteiger partial charge in [0.2, 0.25) is 0 Å². The third kappa shape index (κ3) is 9.25. The first kappa shape index (κ1) is 14.7. The largest absolute Gasteiger partial charge is 0.315 e. The van der Waals surface area contributed by atoms with Gasteiger partial charge < -0.3 is 5.32 Å². The van der Waals surface area contributed by atoms with Gasteiger partial charge in [0.1, 0.15) is 0 Å². The second-order valence-electron chi connectivity index (χ2n) is 4.90. The molecular weight excluding hydrogens is 285 g/mol. The lowest BCUT2D eigenvalue weighted by molar-refractivity contribution is 0.482. The zero-order valence-corrected chi connectivity index (χ0v) is 12.4. The van der Waals surface area contributed by atoms with Crippen LogP contribution in [0.15, 0.2) is 0 Å². The Kier molecular flexibility index (Phi) is 8.30. The molecule has 2 heteroatoms. The molecule has 1 N–H and O–H groups in total. The third-order valence-electron chi connectivity index (χ3n) is 2.35. The highest BCUT2D eigenvalue weighted by Crippen LogP contribution is 2.24. The first-order valence-corrected chi connectivity index (χ1v) is 6.95. The molecule has 1 unspecified atom stereocenters. The molecule has 0 aliphatic rings. The molecule has 0 saturated heterocycles. The number of alkyl halides is 1. The minimum absolute atomic E-state index is 0.446. The van der Waals surface area contributed by atoms with E-state index < -0.39 is 0 Å². The van der Waals surface area contributed by atoms with Gasteiger partial charge in [-0.1, -0.05) is 62.6 Å². The molecule has 0 amide bonds. The van der Waals surface area contributed by atoms with Crippen LogP contribution in [0.25, 0.3) is 0 Å². The van der Waals surface area contributed by atoms with E-state index in [1.54, 1.807) is 0 Å². The minimum atomic E-state index is 0.446. The molecule has 0 aliphatic carbocycles. The number of nitrogens with one attached hydrogen (secondary N) is 1. The Morgan fingerprint density at radius 2 is 1.93 bits per heavy atom. The molecule has 0 spiro atoms. The van der Waals surface area contributed by atoms with Crippen molar-refractivity contribution in [3.05, 3.63) is 0 Å². The molecule has 0 fully saturated rings. The van der Waals surface area contributed by atoms with Crippen LogP contribution < -0.4 is 5.32 Å². The summed E-state index contributed by atoms with van der Waals surface area (Å²) >= 11 is 2.60. The molecule has 0 heterocycles. The van der Waals surface area contributed by atoms with E-state index in [1.807, 2.05) is 0 Å². The summed E-state index contributed by atoms with van der Waals surface area (Å²) < 4.78 is 0.446. The van der Waals surface area contributed by atoms with Crippen LogP contribution in [0.1, 0.15) is 53.4 Å². The Labute approximate surface area is 104 Å². The van der Waals surface area contributed by atoms with Crippen molar-refractivity contribution < 1.29 is 0 Å². The summed E-state index contributed by atoms with van der Waals surface area (Å²) in [6, 6.07) is 0. The quantitative estimate of drug-likeness (QED) is 0.406. The van der Waals surface area contributed by atoms with Crippen molar-refractivity contribution in [3.63, 3.8) is 0 Å². The number of unbranched alkanes of at least 4 members (excludes halogenated alkanes) is 2. The highest BCUT2D eigenvalue weighted by Gasteiger charge is 2.18. The van der Waals surface area contributed by atoms with Crippen molar-refractivity contribution in [2.45, 2.75) is 56.8 Å². The standard InChI is InChI=1S/C12H26IN/c1-5-6-7-8-12(4,13)10-14-9-11(2)3/h11,14H,5-10H2,1-4H3. The predicted octanol–water partition coefficient (Wildman–Crippen LogP) is 4.01. The molecule has 0 rings (SSSR count). The Hall–Kier alpha value is 0.690. The van der Waals surface area contributed by atoms with Crippen molar-refractivity contribution in [2.75, 3.05) is 13.1 Å². The van der Waals surface area contributed by atoms with Crippen LogP contribution in [-0.4, -0.2) is 16.5 Å². The van der Waals surface area contributed by atoms with E-state index in [4.69, 9.17) is 0 Å². The summed E-state index contributed by atoms with van der Waals surface area (Å²) in [6.07, 6.45) is 5.42. The first-order valence-electron chi connectivity index (χ1n) is 5.87. The van der Waals surface area contributed by atoms with E-state index in [2.05, 4.69) is 55.6 Å². The van der Waals surface area contributed by atoms with Crippen LogP contribution in [0.2, 0.25) is 0 Å². The lowest BCUT2D eigenvalue weighted by Gasteiger charge is -2.23. The number of rotatable bonds is 8. The lowest BCUT2D eigenvalue weighted by atomic mass is 10.0. The van der Waals surface area contributed by atoms with Crippen LogP contribution in [0.3, 0.4) is 0 Å². The fourth-order valence-corrected chi connectivity index (χ4v) is 2.10. The summed E-state index contributed by atoms with van der Waals surface area (Å²) in [5.74, 6) is 0.762. The second-order valence-corrected chi connectivity index (χ2v) is 7.50. The monoisotopic (exact) mass is 311 g/mol. The summed E-state index contributed by atoms with van der Waals surface area (Å²) in [5, 5.41) is 3.54. The van der Waals surface area contributed by atoms with Crippen LogP contribution in [0.4, 0.5) is 0 Å². The van der Waals surface area contributed by atoms with Gasteiger partial charge in [-0.15, -0.1) is 0 Å². The fourth-order valence-electron chi connectivity index (χ4n) is 1.45. The van der Waals surface area contributed by atoms with E-state index in [1.165, 1.54) is 25.7 Å². The summed E-state index contributed by atoms with van der Waals surface area (Å²) in [6.45, 7) is 11.4. The molecule has 14 heavy (non-hydrogen) atoms. The highest BCUT2D eigenvalue weighted by atomic mass is 127. The lowest BCUT2D eigenvalue weighted by Crippen LogP contribution is -2.34. The molecule has 1 atom stereocenters. The smallest absolute Gasteiger partial charge is 0.0318 e. The highest BCUT2D eigenvalue weighted by molar-refractivity contribution is 14.1. The number of halogens is 1. The van der Waals surface area contributed by atoms with E-state index in [-0.39, 0.29) is 0 Å². The maximum absolute atomic E-state index is 3.54. The molecule has 0 aromatic rings. The summed E-state index contributed by atoms with van der Waals surface area (Å²) in [7, 11) is 0. The predicted molar refractivity (Wildman–Crippen MR) is 74.3 cm³/mol. The van der Waals surface area contributed by atoms with Crippen molar-refractivity contribution in [3.8, 4) is 0 Å². The molecule has 0 radical (unpaired) electrons. The Balaban J connectivity index is 3.50. The Bertz CT molecular complexity index is 132. The molecule has 1 nitrogen and oxygen atoms in total. The van der Waals surface area contributed by atoms with Crippen molar-refractivity contribution >= 4 is 22.6 Å². The second kappa shape index (κ2) is 7.91. The molecule has 86 valence electrons. The maximum atomic E-state index is 3.54. The Morgan fingerprint density at radius 3 is 2.43 bits per heavy atom. The van der Waals surface area contributed by atoms with Gasteiger partial charge in [0.25, 0.3) is 0 Å². The van der Waals surface area contributed by atoms with Gasteiger partial charge in [-0.3, -0.25) is 0 Å². The van der Waals surface area contributed by atoms with Gasteiger partial charge in [0.05, 0.1) is 0 Å². The van der Waals surface area contributed by atoms with Crippen LogP contribution in [0.5, 0.6) is 0 Å². The Morgan fingerprint density at radius 1 is 1.29 bits per heavy atom. The molecule has 0 aromatic carbocycles. The van der Waals surface area contributed by atoms with Crippen molar-refractivity contribution in [1.29, 1.82) is 0 Å². The topological polar surface area (TPSA) is 12.0 Å². The van der Waals surface area contributed by atoms with Crippen molar-refractivity contribution in [2.24, 2.45) is 5.92 Å². The summed E-state index contributed by atoms with van der Waals surface area (Å²) in [5.41, 5.74) is 0. The van der Waals surface area contributed by atoms with Gasteiger partial charge in [-0.2, -0.15) is 0 Å². The molecule has 0 aliphatic heterocycles. The zero-order chi connectivity index (χ0) is 11.0. The normalized spacial score (nSPS) is 15.9. The summed E-state index contributed by atoms with van der Waals surface area (Å²) in [4.78, 5) is 0. The van der Waals surface area contributed by atoms with Gasteiger partial charge in [0, 0.05) is 9.97 Å². The third-order valence-corrected chi connectivity index (χ3v) is 3.27. The van der Waals surface area contributed by atoms with E-state index in [9.17, 15) is 0 Å². The van der Waals surface area contributed by atoms with Crippen LogP contribution >= 0.6 is 22.6 Å². The van der Waals surface area contributed by atoms with Gasteiger partial charge in [-0.25, -0.2) is 0 Å². The SMILES string of the molecule is CCCCCC(C)(I)CNCC(C)C.